The second-order valence-electron chi connectivity index (χ2n) is 12.3. The molecule has 0 spiro atoms. The first kappa shape index (κ1) is 13.6. The Balaban J connectivity index is 1.71. The first-order valence-corrected chi connectivity index (χ1v) is 13.8. The molecule has 0 fully saturated rings. The fourth-order valence-electron chi connectivity index (χ4n) is 7.07. The Morgan fingerprint density at radius 2 is 1.12 bits per heavy atom. The summed E-state index contributed by atoms with van der Waals surface area (Å²) in [7, 11) is 0. The van der Waals surface area contributed by atoms with Crippen LogP contribution < -0.4 is 21.3 Å². The molecule has 9 rings (SSSR count). The molecule has 0 amide bonds. The number of anilines is 3. The average molecular weight is 540 g/mol. The fourth-order valence-corrected chi connectivity index (χ4v) is 7.07. The molecule has 3 heterocycles. The molecule has 0 saturated carbocycles. The van der Waals surface area contributed by atoms with E-state index in [9.17, 15) is 11.0 Å². The van der Waals surface area contributed by atoms with E-state index in [4.69, 9.17) is 8.22 Å². The Kier molecular flexibility index (Phi) is 2.48. The van der Waals surface area contributed by atoms with Gasteiger partial charge in [-0.15, -0.1) is 0 Å². The minimum atomic E-state index is -1.17. The van der Waals surface area contributed by atoms with Crippen molar-refractivity contribution < 1.29 is 19.2 Å². The molecule has 0 saturated heterocycles. The van der Waals surface area contributed by atoms with Crippen LogP contribution in [-0.4, -0.2) is 6.71 Å². The minimum absolute atomic E-state index is 0.0586. The maximum absolute atomic E-state index is 9.79. The molecule has 6 aromatic rings. The van der Waals surface area contributed by atoms with Gasteiger partial charge in [0.2, 0.25) is 6.71 Å². The van der Waals surface area contributed by atoms with Crippen molar-refractivity contribution >= 4 is 61.7 Å². The van der Waals surface area contributed by atoms with Gasteiger partial charge in [0, 0.05) is 33.3 Å². The molecule has 0 aromatic heterocycles. The topological polar surface area (TPSA) is 3.24 Å². The van der Waals surface area contributed by atoms with Crippen LogP contribution in [0.25, 0.3) is 43.8 Å². The van der Waals surface area contributed by atoms with E-state index in [0.717, 1.165) is 0 Å². The molecule has 3 aliphatic rings. The van der Waals surface area contributed by atoms with Crippen LogP contribution in [0.4, 0.5) is 17.1 Å². The Morgan fingerprint density at radius 1 is 0.610 bits per heavy atom. The first-order valence-electron chi connectivity index (χ1n) is 20.8. The lowest BCUT2D eigenvalue weighted by molar-refractivity contribution is 0.591. The van der Waals surface area contributed by atoms with Crippen molar-refractivity contribution in [3.8, 4) is 22.3 Å². The second-order valence-corrected chi connectivity index (χ2v) is 12.3. The number of fused-ring (bicyclic) bond motifs is 2. The van der Waals surface area contributed by atoms with Crippen molar-refractivity contribution in [3.63, 3.8) is 0 Å². The lowest BCUT2D eigenvalue weighted by Crippen LogP contribution is -2.59. The van der Waals surface area contributed by atoms with Crippen molar-refractivity contribution in [2.75, 3.05) is 4.90 Å². The average Bonchev–Trinajstić information content (AvgIpc) is 3.12. The molecule has 0 atom stereocenters. The van der Waals surface area contributed by atoms with Crippen molar-refractivity contribution in [2.24, 2.45) is 0 Å². The summed E-state index contributed by atoms with van der Waals surface area (Å²) >= 11 is 0. The van der Waals surface area contributed by atoms with Gasteiger partial charge in [-0.2, -0.15) is 0 Å². The van der Waals surface area contributed by atoms with Crippen LogP contribution in [-0.2, 0) is 5.41 Å². The van der Waals surface area contributed by atoms with Crippen molar-refractivity contribution in [3.05, 3.63) is 107 Å². The highest BCUT2D eigenvalue weighted by atomic mass is 15.2. The van der Waals surface area contributed by atoms with Crippen LogP contribution >= 0.6 is 0 Å². The first-order chi connectivity index (χ1) is 25.6. The SMILES string of the molecule is [2H]c1c(C)c([2H])c(C)c(B2c3c([2H])c([2H])c4c([2H])c([2H])c([2H])c5c4c3N3c4c-5c([2H])c(C(C)(C)C)c([2H])c4-c4c([2H])c([2H])c([2H])c5c([2H])c([2H])c2c3c45)c1C. The predicted octanol–water partition coefficient (Wildman–Crippen LogP) is 8.48. The Morgan fingerprint density at radius 3 is 1.61 bits per heavy atom. The van der Waals surface area contributed by atoms with E-state index in [1.165, 1.54) is 0 Å². The quantitative estimate of drug-likeness (QED) is 0.189. The van der Waals surface area contributed by atoms with Gasteiger partial charge in [-0.3, -0.25) is 0 Å². The van der Waals surface area contributed by atoms with Gasteiger partial charge in [-0.05, 0) is 76.7 Å². The number of hydrogen-bond acceptors (Lipinski definition) is 1. The molecule has 3 aliphatic heterocycles. The zero-order valence-electron chi connectivity index (χ0n) is 37.5. The summed E-state index contributed by atoms with van der Waals surface area (Å²) in [6.07, 6.45) is 0. The van der Waals surface area contributed by atoms with Gasteiger partial charge in [0.1, 0.15) is 0 Å². The smallest absolute Gasteiger partial charge is 0.247 e. The Hall–Kier alpha value is -4.30. The van der Waals surface area contributed by atoms with Crippen LogP contribution in [0.3, 0.4) is 0 Å². The summed E-state index contributed by atoms with van der Waals surface area (Å²) in [5, 5.41) is 0.146. The van der Waals surface area contributed by atoms with Gasteiger partial charge < -0.3 is 4.90 Å². The third kappa shape index (κ3) is 2.83. The van der Waals surface area contributed by atoms with Gasteiger partial charge in [-0.25, -0.2) is 0 Å². The third-order valence-corrected chi connectivity index (χ3v) is 8.70. The van der Waals surface area contributed by atoms with Gasteiger partial charge in [0.25, 0.3) is 0 Å². The van der Waals surface area contributed by atoms with E-state index in [1.54, 1.807) is 25.7 Å². The molecule has 41 heavy (non-hydrogen) atoms. The number of rotatable bonds is 1. The summed E-state index contributed by atoms with van der Waals surface area (Å²) < 4.78 is 131. The second kappa shape index (κ2) is 7.50. The summed E-state index contributed by atoms with van der Waals surface area (Å²) in [5.41, 5.74) is 2.34. The highest BCUT2D eigenvalue weighted by Gasteiger charge is 2.44. The van der Waals surface area contributed by atoms with E-state index < -0.39 is 60.5 Å². The molecule has 2 heteroatoms. The highest BCUT2D eigenvalue weighted by Crippen LogP contribution is 2.60. The Bertz CT molecular complexity index is 2770. The third-order valence-electron chi connectivity index (χ3n) is 8.70. The van der Waals surface area contributed by atoms with Crippen LogP contribution in [0.2, 0.25) is 0 Å². The molecule has 0 unspecified atom stereocenters. The fraction of sp³-hybridized carbons (Fsp3) is 0.179. The van der Waals surface area contributed by atoms with Crippen molar-refractivity contribution in [1.82, 2.24) is 0 Å². The van der Waals surface area contributed by atoms with Gasteiger partial charge in [0.15, 0.2) is 0 Å². The monoisotopic (exact) mass is 539 g/mol. The van der Waals surface area contributed by atoms with E-state index in [2.05, 4.69) is 0 Å². The molecule has 1 nitrogen and oxygen atoms in total. The predicted molar refractivity (Wildman–Crippen MR) is 178 cm³/mol. The highest BCUT2D eigenvalue weighted by molar-refractivity contribution is 6.99. The maximum Gasteiger partial charge on any atom is 0.247 e. The molecule has 196 valence electrons. The van der Waals surface area contributed by atoms with Gasteiger partial charge in [-0.1, -0.05) is 115 Å². The van der Waals surface area contributed by atoms with Crippen molar-refractivity contribution in [2.45, 2.75) is 47.0 Å². The standard InChI is InChI=1S/C39H32BN/c1-21-17-22(2)35(23(3)18-21)40-31-15-13-24-9-7-11-27-29-19-26(39(4,5)6)20-30-28-12-8-10-25-14-16-32(40)38(34(25)28)41(36(29)30)37(31)33(24)27/h7-20H,1-6H3/i7D,8D,9D,10D,11D,12D,13D,14D,15D,16D,17D,18D,19D,20D. The van der Waals surface area contributed by atoms with E-state index in [0.29, 0.717) is 22.2 Å². The van der Waals surface area contributed by atoms with E-state index in [1.807, 2.05) is 20.8 Å². The summed E-state index contributed by atoms with van der Waals surface area (Å²) in [6.45, 7) is 9.39. The molecular weight excluding hydrogens is 493 g/mol. The van der Waals surface area contributed by atoms with Crippen LogP contribution in [0, 0.1) is 20.8 Å². The van der Waals surface area contributed by atoms with Crippen LogP contribution in [0.5, 0.6) is 0 Å². The van der Waals surface area contributed by atoms with Crippen LogP contribution in [0.1, 0.15) is 62.2 Å². The number of hydrogen-bond donors (Lipinski definition) is 0. The molecule has 0 N–H and O–H groups in total. The van der Waals surface area contributed by atoms with Gasteiger partial charge >= 0.3 is 0 Å². The summed E-state index contributed by atoms with van der Waals surface area (Å²) in [4.78, 5) is 1.67. The van der Waals surface area contributed by atoms with Crippen molar-refractivity contribution in [1.29, 1.82) is 0 Å². The molecule has 0 radical (unpaired) electrons. The number of nitrogens with zero attached hydrogens (tertiary/aromatic N) is 1. The molecule has 6 aromatic carbocycles. The Labute approximate surface area is 262 Å². The van der Waals surface area contributed by atoms with E-state index in [-0.39, 0.29) is 114 Å². The summed E-state index contributed by atoms with van der Waals surface area (Å²) in [5.74, 6) is 0. The zero-order chi connectivity index (χ0) is 40.1. The molecule has 0 aliphatic carbocycles. The zero-order valence-corrected chi connectivity index (χ0v) is 23.5. The largest absolute Gasteiger partial charge is 0.309 e. The number of benzene rings is 6. The van der Waals surface area contributed by atoms with Crippen LogP contribution in [0.15, 0.2) is 84.6 Å². The lowest BCUT2D eigenvalue weighted by atomic mass is 9.33. The molecular formula is C39H32BN. The van der Waals surface area contributed by atoms with Gasteiger partial charge in [0.05, 0.1) is 24.9 Å². The minimum Gasteiger partial charge on any atom is -0.309 e. The lowest BCUT2D eigenvalue weighted by Gasteiger charge is -2.46. The molecule has 0 bridgehead atoms. The summed E-state index contributed by atoms with van der Waals surface area (Å²) in [6, 6.07) is -4.43. The maximum atomic E-state index is 9.79. The van der Waals surface area contributed by atoms with E-state index >= 15 is 0 Å². The normalized spacial score (nSPS) is 18.8.